The molecule has 4 heteroatoms. The van der Waals surface area contributed by atoms with Gasteiger partial charge >= 0.3 is 0 Å². The lowest BCUT2D eigenvalue weighted by atomic mass is 10.2. The maximum atomic E-state index is 5.96. The van der Waals surface area contributed by atoms with Crippen molar-refractivity contribution in [3.8, 4) is 11.5 Å². The van der Waals surface area contributed by atoms with Crippen LogP contribution >= 0.6 is 11.8 Å². The van der Waals surface area contributed by atoms with E-state index in [1.165, 1.54) is 0 Å². The molecular formula is C14H16N2OS. The Balaban J connectivity index is 2.36. The lowest BCUT2D eigenvalue weighted by Gasteiger charge is -2.12. The lowest BCUT2D eigenvalue weighted by Crippen LogP contribution is -2.01. The summed E-state index contributed by atoms with van der Waals surface area (Å²) in [5.41, 5.74) is 7.53. The third-order valence-corrected chi connectivity index (χ3v) is 3.37. The topological polar surface area (TPSA) is 48.1 Å². The quantitative estimate of drug-likeness (QED) is 0.856. The van der Waals surface area contributed by atoms with Gasteiger partial charge in [0.05, 0.1) is 0 Å². The molecule has 3 nitrogen and oxygen atoms in total. The van der Waals surface area contributed by atoms with E-state index in [0.29, 0.717) is 6.54 Å². The SMILES string of the molecule is CSc1ccccc1Oc1cc(C)ncc1CN. The van der Waals surface area contributed by atoms with E-state index in [2.05, 4.69) is 4.98 Å². The van der Waals surface area contributed by atoms with Gasteiger partial charge in [0, 0.05) is 35.0 Å². The van der Waals surface area contributed by atoms with E-state index in [4.69, 9.17) is 10.5 Å². The number of aryl methyl sites for hydroxylation is 1. The fourth-order valence-electron chi connectivity index (χ4n) is 1.63. The molecular weight excluding hydrogens is 244 g/mol. The fraction of sp³-hybridized carbons (Fsp3) is 0.214. The van der Waals surface area contributed by atoms with Gasteiger partial charge in [0.2, 0.25) is 0 Å². The van der Waals surface area contributed by atoms with Crippen LogP contribution in [0.4, 0.5) is 0 Å². The smallest absolute Gasteiger partial charge is 0.140 e. The van der Waals surface area contributed by atoms with Crippen LogP contribution in [-0.4, -0.2) is 11.2 Å². The molecule has 2 aromatic rings. The van der Waals surface area contributed by atoms with Gasteiger partial charge in [-0.1, -0.05) is 12.1 Å². The number of nitrogens with two attached hydrogens (primary N) is 1. The van der Waals surface area contributed by atoms with Gasteiger partial charge in [0.25, 0.3) is 0 Å². The number of pyridine rings is 1. The minimum absolute atomic E-state index is 0.421. The summed E-state index contributed by atoms with van der Waals surface area (Å²) in [4.78, 5) is 5.34. The summed E-state index contributed by atoms with van der Waals surface area (Å²) in [5, 5.41) is 0. The fourth-order valence-corrected chi connectivity index (χ4v) is 2.16. The predicted octanol–water partition coefficient (Wildman–Crippen LogP) is 3.36. The number of aromatic nitrogens is 1. The molecule has 0 fully saturated rings. The van der Waals surface area contributed by atoms with E-state index in [1.807, 2.05) is 43.5 Å². The molecule has 94 valence electrons. The van der Waals surface area contributed by atoms with Crippen molar-refractivity contribution in [2.45, 2.75) is 18.4 Å². The minimum Gasteiger partial charge on any atom is -0.456 e. The Morgan fingerprint density at radius 1 is 1.28 bits per heavy atom. The van der Waals surface area contributed by atoms with E-state index in [-0.39, 0.29) is 0 Å². The van der Waals surface area contributed by atoms with Crippen molar-refractivity contribution in [2.75, 3.05) is 6.26 Å². The number of thioether (sulfide) groups is 1. The third kappa shape index (κ3) is 2.83. The molecule has 0 aliphatic heterocycles. The number of rotatable bonds is 4. The number of benzene rings is 1. The van der Waals surface area contributed by atoms with E-state index in [9.17, 15) is 0 Å². The van der Waals surface area contributed by atoms with Gasteiger partial charge in [-0.3, -0.25) is 4.98 Å². The second-order valence-electron chi connectivity index (χ2n) is 3.89. The van der Waals surface area contributed by atoms with Gasteiger partial charge in [-0.05, 0) is 25.3 Å². The standard InChI is InChI=1S/C14H16N2OS/c1-10-7-13(11(8-15)9-16-10)17-12-5-3-4-6-14(12)18-2/h3-7,9H,8,15H2,1-2H3. The van der Waals surface area contributed by atoms with Crippen molar-refractivity contribution >= 4 is 11.8 Å². The molecule has 0 saturated carbocycles. The molecule has 0 radical (unpaired) electrons. The number of hydrogen-bond donors (Lipinski definition) is 1. The van der Waals surface area contributed by atoms with Gasteiger partial charge in [0.1, 0.15) is 11.5 Å². The summed E-state index contributed by atoms with van der Waals surface area (Å²) < 4.78 is 5.96. The van der Waals surface area contributed by atoms with Gasteiger partial charge < -0.3 is 10.5 Å². The monoisotopic (exact) mass is 260 g/mol. The molecule has 0 spiro atoms. The molecule has 2 N–H and O–H groups in total. The number of nitrogens with zero attached hydrogens (tertiary/aromatic N) is 1. The maximum Gasteiger partial charge on any atom is 0.140 e. The highest BCUT2D eigenvalue weighted by Crippen LogP contribution is 2.32. The molecule has 0 saturated heterocycles. The van der Waals surface area contributed by atoms with Gasteiger partial charge in [-0.2, -0.15) is 0 Å². The third-order valence-electron chi connectivity index (χ3n) is 2.59. The molecule has 2 rings (SSSR count). The van der Waals surface area contributed by atoms with Crippen LogP contribution in [0.1, 0.15) is 11.3 Å². The zero-order chi connectivity index (χ0) is 13.0. The molecule has 0 bridgehead atoms. The van der Waals surface area contributed by atoms with E-state index < -0.39 is 0 Å². The largest absolute Gasteiger partial charge is 0.456 e. The number of para-hydroxylation sites is 1. The normalized spacial score (nSPS) is 10.4. The van der Waals surface area contributed by atoms with Gasteiger partial charge in [-0.15, -0.1) is 11.8 Å². The second kappa shape index (κ2) is 5.89. The second-order valence-corrected chi connectivity index (χ2v) is 4.74. The van der Waals surface area contributed by atoms with Crippen molar-refractivity contribution in [2.24, 2.45) is 5.73 Å². The number of hydrogen-bond acceptors (Lipinski definition) is 4. The Kier molecular flexibility index (Phi) is 4.23. The summed E-state index contributed by atoms with van der Waals surface area (Å²) >= 11 is 1.66. The van der Waals surface area contributed by atoms with Crippen molar-refractivity contribution in [3.05, 3.63) is 47.8 Å². The zero-order valence-electron chi connectivity index (χ0n) is 10.5. The lowest BCUT2D eigenvalue weighted by molar-refractivity contribution is 0.464. The summed E-state index contributed by atoms with van der Waals surface area (Å²) in [6.07, 6.45) is 3.80. The Morgan fingerprint density at radius 3 is 2.78 bits per heavy atom. The summed E-state index contributed by atoms with van der Waals surface area (Å²) in [6.45, 7) is 2.36. The van der Waals surface area contributed by atoms with Crippen LogP contribution in [-0.2, 0) is 6.54 Å². The summed E-state index contributed by atoms with van der Waals surface area (Å²) in [5.74, 6) is 1.64. The van der Waals surface area contributed by atoms with Crippen LogP contribution in [0.5, 0.6) is 11.5 Å². The van der Waals surface area contributed by atoms with Gasteiger partial charge in [0.15, 0.2) is 0 Å². The van der Waals surface area contributed by atoms with Crippen LogP contribution in [0, 0.1) is 6.92 Å². The highest BCUT2D eigenvalue weighted by atomic mass is 32.2. The van der Waals surface area contributed by atoms with Gasteiger partial charge in [-0.25, -0.2) is 0 Å². The molecule has 0 aliphatic rings. The summed E-state index contributed by atoms with van der Waals surface area (Å²) in [6, 6.07) is 9.88. The predicted molar refractivity (Wildman–Crippen MR) is 75.2 cm³/mol. The Hall–Kier alpha value is -1.52. The Morgan fingerprint density at radius 2 is 2.06 bits per heavy atom. The van der Waals surface area contributed by atoms with E-state index in [0.717, 1.165) is 27.7 Å². The Bertz CT molecular complexity index is 543. The number of ether oxygens (including phenoxy) is 1. The molecule has 0 atom stereocenters. The van der Waals surface area contributed by atoms with Crippen molar-refractivity contribution in [3.63, 3.8) is 0 Å². The Labute approximate surface area is 111 Å². The van der Waals surface area contributed by atoms with Crippen LogP contribution in [0.15, 0.2) is 41.4 Å². The highest BCUT2D eigenvalue weighted by Gasteiger charge is 2.08. The van der Waals surface area contributed by atoms with Crippen LogP contribution in [0.25, 0.3) is 0 Å². The van der Waals surface area contributed by atoms with Crippen molar-refractivity contribution < 1.29 is 4.74 Å². The molecule has 18 heavy (non-hydrogen) atoms. The van der Waals surface area contributed by atoms with Crippen molar-refractivity contribution in [1.82, 2.24) is 4.98 Å². The molecule has 0 amide bonds. The average Bonchev–Trinajstić information content (AvgIpc) is 2.40. The van der Waals surface area contributed by atoms with Crippen molar-refractivity contribution in [1.29, 1.82) is 0 Å². The van der Waals surface area contributed by atoms with Crippen LogP contribution in [0.2, 0.25) is 0 Å². The molecule has 1 heterocycles. The maximum absolute atomic E-state index is 5.96. The van der Waals surface area contributed by atoms with Crippen LogP contribution in [0.3, 0.4) is 0 Å². The molecule has 1 aromatic heterocycles. The van der Waals surface area contributed by atoms with E-state index >= 15 is 0 Å². The average molecular weight is 260 g/mol. The molecule has 1 aromatic carbocycles. The van der Waals surface area contributed by atoms with E-state index in [1.54, 1.807) is 18.0 Å². The van der Waals surface area contributed by atoms with Crippen LogP contribution < -0.4 is 10.5 Å². The first-order valence-electron chi connectivity index (χ1n) is 5.71. The zero-order valence-corrected chi connectivity index (χ0v) is 11.3. The summed E-state index contributed by atoms with van der Waals surface area (Å²) in [7, 11) is 0. The first-order chi connectivity index (χ1) is 8.74. The first kappa shape index (κ1) is 12.9. The highest BCUT2D eigenvalue weighted by molar-refractivity contribution is 7.98. The molecule has 0 aliphatic carbocycles. The first-order valence-corrected chi connectivity index (χ1v) is 6.93. The minimum atomic E-state index is 0.421. The molecule has 0 unspecified atom stereocenters.